The van der Waals surface area contributed by atoms with Gasteiger partial charge in [-0.2, -0.15) is 13.4 Å². The Morgan fingerprint density at radius 3 is 2.43 bits per heavy atom. The van der Waals surface area contributed by atoms with E-state index in [-0.39, 0.29) is 27.0 Å². The lowest BCUT2D eigenvalue weighted by Gasteiger charge is -2.10. The third-order valence-electron chi connectivity index (χ3n) is 2.33. The van der Waals surface area contributed by atoms with Crippen molar-refractivity contribution in [2.24, 2.45) is 0 Å². The Morgan fingerprint density at radius 2 is 1.86 bits per heavy atom. The van der Waals surface area contributed by atoms with Crippen LogP contribution in [0.25, 0.3) is 0 Å². The van der Waals surface area contributed by atoms with Crippen molar-refractivity contribution < 1.29 is 13.0 Å². The maximum absolute atomic E-state index is 11.0. The molecule has 11 heteroatoms. The first-order valence-corrected chi connectivity index (χ1v) is 7.78. The van der Waals surface area contributed by atoms with Gasteiger partial charge in [0.2, 0.25) is 5.28 Å². The zero-order valence-electron chi connectivity index (χ0n) is 10.0. The molecule has 1 heterocycles. The summed E-state index contributed by atoms with van der Waals surface area (Å²) in [6, 6.07) is 3.77. The third kappa shape index (κ3) is 3.66. The van der Waals surface area contributed by atoms with Gasteiger partial charge in [0, 0.05) is 5.69 Å². The number of benzene rings is 1. The third-order valence-corrected chi connectivity index (χ3v) is 4.16. The van der Waals surface area contributed by atoms with Crippen LogP contribution in [0.4, 0.5) is 17.2 Å². The van der Waals surface area contributed by atoms with Crippen molar-refractivity contribution in [2.75, 3.05) is 11.1 Å². The van der Waals surface area contributed by atoms with Crippen molar-refractivity contribution in [3.8, 4) is 0 Å². The maximum atomic E-state index is 11.0. The molecule has 112 valence electrons. The van der Waals surface area contributed by atoms with Crippen LogP contribution in [0.15, 0.2) is 23.1 Å². The molecule has 0 spiro atoms. The molecule has 21 heavy (non-hydrogen) atoms. The molecule has 4 N–H and O–H groups in total. The van der Waals surface area contributed by atoms with E-state index in [1.54, 1.807) is 0 Å². The molecule has 2 aromatic rings. The van der Waals surface area contributed by atoms with Crippen LogP contribution in [0, 0.1) is 0 Å². The molecule has 0 fully saturated rings. The number of halogens is 3. The zero-order valence-corrected chi connectivity index (χ0v) is 13.1. The van der Waals surface area contributed by atoms with Crippen molar-refractivity contribution in [3.05, 3.63) is 33.7 Å². The molecule has 1 aromatic carbocycles. The normalized spacial score (nSPS) is 11.4. The van der Waals surface area contributed by atoms with E-state index in [9.17, 15) is 8.42 Å². The predicted octanol–water partition coefficient (Wildman–Crippen LogP) is 3.01. The average Bonchev–Trinajstić information content (AvgIpc) is 2.33. The van der Waals surface area contributed by atoms with Crippen molar-refractivity contribution >= 4 is 62.1 Å². The molecule has 2 rings (SSSR count). The number of anilines is 3. The highest BCUT2D eigenvalue weighted by atomic mass is 35.5. The summed E-state index contributed by atoms with van der Waals surface area (Å²) in [5, 5.41) is 2.65. The van der Waals surface area contributed by atoms with Gasteiger partial charge in [-0.15, -0.1) is 0 Å². The SMILES string of the molecule is Nc1cc(Nc2nc(Cl)nc(Cl)c2Cl)ccc1S(=O)(=O)O. The Kier molecular flexibility index (Phi) is 4.45. The highest BCUT2D eigenvalue weighted by Crippen LogP contribution is 2.31. The van der Waals surface area contributed by atoms with E-state index in [1.165, 1.54) is 12.1 Å². The molecule has 0 aliphatic heterocycles. The van der Waals surface area contributed by atoms with E-state index in [1.807, 2.05) is 0 Å². The highest BCUT2D eigenvalue weighted by Gasteiger charge is 2.15. The summed E-state index contributed by atoms with van der Waals surface area (Å²) in [7, 11) is -4.39. The van der Waals surface area contributed by atoms with Crippen molar-refractivity contribution in [3.63, 3.8) is 0 Å². The second-order valence-electron chi connectivity index (χ2n) is 3.80. The van der Waals surface area contributed by atoms with Gasteiger partial charge >= 0.3 is 0 Å². The van der Waals surface area contributed by atoms with Gasteiger partial charge in [-0.1, -0.05) is 23.2 Å². The number of nitrogens with one attached hydrogen (secondary N) is 1. The molecule has 0 saturated heterocycles. The molecular weight excluding hydrogens is 363 g/mol. The first-order chi connectivity index (χ1) is 9.68. The van der Waals surface area contributed by atoms with Crippen LogP contribution >= 0.6 is 34.8 Å². The van der Waals surface area contributed by atoms with Gasteiger partial charge in [0.05, 0.1) is 5.69 Å². The molecular formula is C10H7Cl3N4O3S. The van der Waals surface area contributed by atoms with E-state index in [0.717, 1.165) is 6.07 Å². The Labute approximate surface area is 134 Å². The lowest BCUT2D eigenvalue weighted by Crippen LogP contribution is -2.04. The summed E-state index contributed by atoms with van der Waals surface area (Å²) in [6.45, 7) is 0. The summed E-state index contributed by atoms with van der Waals surface area (Å²) in [5.74, 6) is 0.126. The fourth-order valence-corrected chi connectivity index (χ4v) is 2.59. The van der Waals surface area contributed by atoms with Crippen molar-refractivity contribution in [1.82, 2.24) is 9.97 Å². The van der Waals surface area contributed by atoms with Gasteiger partial charge in [-0.25, -0.2) is 4.98 Å². The van der Waals surface area contributed by atoms with Crippen LogP contribution in [-0.2, 0) is 10.1 Å². The largest absolute Gasteiger partial charge is 0.398 e. The summed E-state index contributed by atoms with van der Waals surface area (Å²) >= 11 is 17.3. The van der Waals surface area contributed by atoms with E-state index in [2.05, 4.69) is 15.3 Å². The van der Waals surface area contributed by atoms with Crippen LogP contribution in [0.2, 0.25) is 15.5 Å². The van der Waals surface area contributed by atoms with Crippen molar-refractivity contribution in [2.45, 2.75) is 4.90 Å². The van der Waals surface area contributed by atoms with Gasteiger partial charge in [0.25, 0.3) is 10.1 Å². The van der Waals surface area contributed by atoms with Crippen LogP contribution in [-0.4, -0.2) is 22.9 Å². The highest BCUT2D eigenvalue weighted by molar-refractivity contribution is 7.86. The molecule has 0 saturated carbocycles. The van der Waals surface area contributed by atoms with E-state index in [4.69, 9.17) is 45.1 Å². The second-order valence-corrected chi connectivity index (χ2v) is 6.26. The zero-order chi connectivity index (χ0) is 15.8. The van der Waals surface area contributed by atoms with Crippen molar-refractivity contribution in [1.29, 1.82) is 0 Å². The minimum absolute atomic E-state index is 0.0401. The summed E-state index contributed by atoms with van der Waals surface area (Å²) in [5.41, 5.74) is 5.78. The summed E-state index contributed by atoms with van der Waals surface area (Å²) in [6.07, 6.45) is 0. The van der Waals surface area contributed by atoms with E-state index < -0.39 is 15.0 Å². The van der Waals surface area contributed by atoms with E-state index in [0.29, 0.717) is 5.69 Å². The number of aromatic nitrogens is 2. The Balaban J connectivity index is 2.40. The number of nitrogens with zero attached hydrogens (tertiary/aromatic N) is 2. The fraction of sp³-hybridized carbons (Fsp3) is 0. The summed E-state index contributed by atoms with van der Waals surface area (Å²) in [4.78, 5) is 7.09. The molecule has 1 aromatic heterocycles. The molecule has 0 unspecified atom stereocenters. The maximum Gasteiger partial charge on any atom is 0.296 e. The standard InChI is InChI=1S/C10H7Cl3N4O3S/c11-7-8(12)16-10(13)17-9(7)15-4-1-2-6(5(14)3-4)21(18,19)20/h1-3H,14H2,(H,15,16,17)(H,18,19,20). The van der Waals surface area contributed by atoms with Crippen LogP contribution < -0.4 is 11.1 Å². The molecule has 0 atom stereocenters. The minimum atomic E-state index is -4.39. The average molecular weight is 370 g/mol. The van der Waals surface area contributed by atoms with Gasteiger partial charge in [-0.05, 0) is 29.8 Å². The van der Waals surface area contributed by atoms with Gasteiger partial charge in [0.15, 0.2) is 11.0 Å². The number of hydrogen-bond donors (Lipinski definition) is 3. The first kappa shape index (κ1) is 16.1. The lowest BCUT2D eigenvalue weighted by atomic mass is 10.3. The Hall–Kier alpha value is -1.32. The van der Waals surface area contributed by atoms with E-state index >= 15 is 0 Å². The smallest absolute Gasteiger partial charge is 0.296 e. The van der Waals surface area contributed by atoms with Gasteiger partial charge in [0.1, 0.15) is 9.92 Å². The monoisotopic (exact) mass is 368 g/mol. The molecule has 0 bridgehead atoms. The second kappa shape index (κ2) is 5.82. The predicted molar refractivity (Wildman–Crippen MR) is 81.0 cm³/mol. The van der Waals surface area contributed by atoms with Crippen LogP contribution in [0.5, 0.6) is 0 Å². The van der Waals surface area contributed by atoms with Gasteiger partial charge in [-0.3, -0.25) is 4.55 Å². The fourth-order valence-electron chi connectivity index (χ4n) is 1.47. The quantitative estimate of drug-likeness (QED) is 0.329. The van der Waals surface area contributed by atoms with Crippen LogP contribution in [0.3, 0.4) is 0 Å². The Morgan fingerprint density at radius 1 is 1.19 bits per heavy atom. The molecule has 7 nitrogen and oxygen atoms in total. The number of hydrogen-bond acceptors (Lipinski definition) is 6. The topological polar surface area (TPSA) is 118 Å². The number of rotatable bonds is 3. The number of nitrogens with two attached hydrogens (primary N) is 1. The lowest BCUT2D eigenvalue weighted by molar-refractivity contribution is 0.483. The molecule has 0 amide bonds. The molecule has 0 aliphatic carbocycles. The summed E-state index contributed by atoms with van der Waals surface area (Å²) < 4.78 is 31.1. The first-order valence-electron chi connectivity index (χ1n) is 5.21. The molecule has 0 radical (unpaired) electrons. The molecule has 0 aliphatic rings. The number of nitrogen functional groups attached to an aromatic ring is 1. The Bertz CT molecular complexity index is 813. The van der Waals surface area contributed by atoms with Crippen LogP contribution in [0.1, 0.15) is 0 Å². The van der Waals surface area contributed by atoms with Gasteiger partial charge < -0.3 is 11.1 Å². The minimum Gasteiger partial charge on any atom is -0.398 e.